The number of amides is 2. The van der Waals surface area contributed by atoms with Crippen LogP contribution in [0, 0.1) is 0 Å². The van der Waals surface area contributed by atoms with Gasteiger partial charge < -0.3 is 38.7 Å². The van der Waals surface area contributed by atoms with Gasteiger partial charge in [-0.05, 0) is 32.2 Å². The SMILES string of the molecule is CNC(=O)C(N)CN.NCCCCC(N)C(=O)NCCCCCC(=O)O. The molecule has 0 rings (SSSR count). The Labute approximate surface area is 155 Å². The van der Waals surface area contributed by atoms with Crippen molar-refractivity contribution in [3.63, 3.8) is 0 Å². The average molecular weight is 377 g/mol. The Hall–Kier alpha value is -1.75. The van der Waals surface area contributed by atoms with E-state index in [1.807, 2.05) is 0 Å². The van der Waals surface area contributed by atoms with Crippen LogP contribution < -0.4 is 33.6 Å². The molecule has 154 valence electrons. The number of aliphatic carboxylic acids is 1. The van der Waals surface area contributed by atoms with Gasteiger partial charge in [0.05, 0.1) is 12.1 Å². The summed E-state index contributed by atoms with van der Waals surface area (Å²) in [5, 5.41) is 13.6. The lowest BCUT2D eigenvalue weighted by atomic mass is 10.1. The van der Waals surface area contributed by atoms with Crippen molar-refractivity contribution in [2.75, 3.05) is 26.7 Å². The summed E-state index contributed by atoms with van der Waals surface area (Å²) in [5.74, 6) is -1.13. The first-order valence-corrected chi connectivity index (χ1v) is 8.92. The second-order valence-corrected chi connectivity index (χ2v) is 5.84. The van der Waals surface area contributed by atoms with Gasteiger partial charge in [-0.3, -0.25) is 14.4 Å². The zero-order valence-corrected chi connectivity index (χ0v) is 15.7. The van der Waals surface area contributed by atoms with Crippen LogP contribution in [0.4, 0.5) is 0 Å². The van der Waals surface area contributed by atoms with Gasteiger partial charge in [-0.1, -0.05) is 12.8 Å². The Bertz CT molecular complexity index is 395. The van der Waals surface area contributed by atoms with Gasteiger partial charge in [0.2, 0.25) is 11.8 Å². The summed E-state index contributed by atoms with van der Waals surface area (Å²) in [6.07, 6.45) is 4.83. The number of nitrogens with one attached hydrogen (secondary N) is 2. The Morgan fingerprint density at radius 1 is 0.923 bits per heavy atom. The molecule has 0 radical (unpaired) electrons. The van der Waals surface area contributed by atoms with Crippen molar-refractivity contribution in [2.24, 2.45) is 22.9 Å². The molecule has 0 aromatic heterocycles. The van der Waals surface area contributed by atoms with E-state index in [-0.39, 0.29) is 24.8 Å². The van der Waals surface area contributed by atoms with E-state index in [1.165, 1.54) is 7.05 Å². The molecule has 0 saturated heterocycles. The summed E-state index contributed by atoms with van der Waals surface area (Å²) >= 11 is 0. The molecule has 2 amide bonds. The highest BCUT2D eigenvalue weighted by molar-refractivity contribution is 5.81. The van der Waals surface area contributed by atoms with E-state index in [0.717, 1.165) is 25.7 Å². The minimum Gasteiger partial charge on any atom is -0.481 e. The summed E-state index contributed by atoms with van der Waals surface area (Å²) in [7, 11) is 1.53. The minimum absolute atomic E-state index is 0.134. The Balaban J connectivity index is 0. The second-order valence-electron chi connectivity index (χ2n) is 5.84. The lowest BCUT2D eigenvalue weighted by Crippen LogP contribution is -2.43. The molecule has 10 heteroatoms. The molecule has 0 bridgehead atoms. The molecule has 0 spiro atoms. The van der Waals surface area contributed by atoms with Crippen LogP contribution in [-0.2, 0) is 14.4 Å². The smallest absolute Gasteiger partial charge is 0.303 e. The molecule has 0 aliphatic heterocycles. The maximum absolute atomic E-state index is 11.5. The number of carbonyl (C=O) groups is 3. The molecule has 0 aliphatic rings. The predicted octanol–water partition coefficient (Wildman–Crippen LogP) is -1.78. The number of carboxylic acid groups (broad SMARTS) is 1. The van der Waals surface area contributed by atoms with E-state index in [0.29, 0.717) is 25.9 Å². The number of hydrogen-bond donors (Lipinski definition) is 7. The third-order valence-corrected chi connectivity index (χ3v) is 3.51. The second kappa shape index (κ2) is 18.1. The molecule has 10 nitrogen and oxygen atoms in total. The quantitative estimate of drug-likeness (QED) is 0.183. The van der Waals surface area contributed by atoms with Crippen molar-refractivity contribution in [1.82, 2.24) is 10.6 Å². The van der Waals surface area contributed by atoms with E-state index in [1.54, 1.807) is 0 Å². The fourth-order valence-electron chi connectivity index (χ4n) is 1.85. The topological polar surface area (TPSA) is 200 Å². The number of hydrogen-bond acceptors (Lipinski definition) is 7. The maximum atomic E-state index is 11.5. The van der Waals surface area contributed by atoms with Crippen molar-refractivity contribution >= 4 is 17.8 Å². The molecule has 0 aromatic carbocycles. The van der Waals surface area contributed by atoms with E-state index >= 15 is 0 Å². The third-order valence-electron chi connectivity index (χ3n) is 3.51. The summed E-state index contributed by atoms with van der Waals surface area (Å²) in [5.41, 5.74) is 21.3. The van der Waals surface area contributed by atoms with Gasteiger partial charge in [-0.25, -0.2) is 0 Å². The standard InChI is InChI=1S/C12H25N3O3.C4H11N3O/c13-8-4-3-6-10(14)12(18)15-9-5-1-2-7-11(16)17;1-7-4(8)3(6)2-5/h10H,1-9,13-14H2,(H,15,18)(H,16,17);3H,2,5-6H2,1H3,(H,7,8). The van der Waals surface area contributed by atoms with E-state index in [9.17, 15) is 14.4 Å². The van der Waals surface area contributed by atoms with Crippen molar-refractivity contribution in [2.45, 2.75) is 57.0 Å². The molecule has 0 heterocycles. The molecular formula is C16H36N6O4. The molecule has 0 aromatic rings. The van der Waals surface area contributed by atoms with Crippen molar-refractivity contribution in [3.05, 3.63) is 0 Å². The predicted molar refractivity (Wildman–Crippen MR) is 101 cm³/mol. The number of likely N-dealkylation sites (N-methyl/N-ethyl adjacent to an activating group) is 1. The van der Waals surface area contributed by atoms with Crippen LogP contribution in [-0.4, -0.2) is 61.7 Å². The van der Waals surface area contributed by atoms with Gasteiger partial charge in [0.1, 0.15) is 0 Å². The first-order chi connectivity index (χ1) is 12.3. The summed E-state index contributed by atoms with van der Waals surface area (Å²) in [6.45, 7) is 1.38. The maximum Gasteiger partial charge on any atom is 0.303 e. The van der Waals surface area contributed by atoms with Gasteiger partial charge in [-0.2, -0.15) is 0 Å². The third kappa shape index (κ3) is 17.1. The molecule has 0 saturated carbocycles. The highest BCUT2D eigenvalue weighted by Gasteiger charge is 2.11. The largest absolute Gasteiger partial charge is 0.481 e. The van der Waals surface area contributed by atoms with Crippen LogP contribution in [0.2, 0.25) is 0 Å². The first kappa shape index (κ1) is 26.5. The van der Waals surface area contributed by atoms with E-state index in [2.05, 4.69) is 10.6 Å². The van der Waals surface area contributed by atoms with Gasteiger partial charge in [0.15, 0.2) is 0 Å². The van der Waals surface area contributed by atoms with Gasteiger partial charge in [0, 0.05) is 26.6 Å². The summed E-state index contributed by atoms with van der Waals surface area (Å²) in [4.78, 5) is 32.2. The number of carboxylic acids is 1. The Morgan fingerprint density at radius 2 is 1.58 bits per heavy atom. The average Bonchev–Trinajstić information content (AvgIpc) is 2.63. The molecular weight excluding hydrogens is 340 g/mol. The van der Waals surface area contributed by atoms with Gasteiger partial charge in [-0.15, -0.1) is 0 Å². The zero-order chi connectivity index (χ0) is 20.4. The van der Waals surface area contributed by atoms with Crippen LogP contribution in [0.1, 0.15) is 44.9 Å². The highest BCUT2D eigenvalue weighted by atomic mass is 16.4. The van der Waals surface area contributed by atoms with E-state index in [4.69, 9.17) is 28.0 Å². The highest BCUT2D eigenvalue weighted by Crippen LogP contribution is 2.00. The van der Waals surface area contributed by atoms with Crippen LogP contribution in [0.3, 0.4) is 0 Å². The van der Waals surface area contributed by atoms with Crippen LogP contribution in [0.15, 0.2) is 0 Å². The molecule has 2 atom stereocenters. The minimum atomic E-state index is -0.777. The number of carbonyl (C=O) groups excluding carboxylic acids is 2. The number of unbranched alkanes of at least 4 members (excludes halogenated alkanes) is 3. The Morgan fingerprint density at radius 3 is 2.04 bits per heavy atom. The zero-order valence-electron chi connectivity index (χ0n) is 15.7. The van der Waals surface area contributed by atoms with E-state index < -0.39 is 18.1 Å². The van der Waals surface area contributed by atoms with Crippen molar-refractivity contribution in [1.29, 1.82) is 0 Å². The molecule has 2 unspecified atom stereocenters. The molecule has 0 aliphatic carbocycles. The monoisotopic (exact) mass is 376 g/mol. The first-order valence-electron chi connectivity index (χ1n) is 8.92. The summed E-state index contributed by atoms with van der Waals surface area (Å²) < 4.78 is 0. The number of rotatable bonds is 13. The van der Waals surface area contributed by atoms with Crippen LogP contribution >= 0.6 is 0 Å². The number of nitrogens with two attached hydrogens (primary N) is 4. The van der Waals surface area contributed by atoms with Crippen molar-refractivity contribution < 1.29 is 19.5 Å². The van der Waals surface area contributed by atoms with Crippen LogP contribution in [0.5, 0.6) is 0 Å². The molecule has 0 fully saturated rings. The Kier molecular flexibility index (Phi) is 18.4. The fourth-order valence-corrected chi connectivity index (χ4v) is 1.85. The normalized spacial score (nSPS) is 12.3. The lowest BCUT2D eigenvalue weighted by molar-refractivity contribution is -0.137. The molecule has 26 heavy (non-hydrogen) atoms. The van der Waals surface area contributed by atoms with Crippen molar-refractivity contribution in [3.8, 4) is 0 Å². The van der Waals surface area contributed by atoms with Crippen LogP contribution in [0.25, 0.3) is 0 Å². The summed E-state index contributed by atoms with van der Waals surface area (Å²) in [6, 6.07) is -1.02. The lowest BCUT2D eigenvalue weighted by Gasteiger charge is -2.11. The fraction of sp³-hybridized carbons (Fsp3) is 0.812. The van der Waals surface area contributed by atoms with Gasteiger partial charge >= 0.3 is 5.97 Å². The molecule has 11 N–H and O–H groups in total. The van der Waals surface area contributed by atoms with Gasteiger partial charge in [0.25, 0.3) is 0 Å².